The standard InChI is InChI=1S/C24H15Cl2F2N3O3/c1-12-17(4-6-19(32-2)21(12)27)24-31-30-20(34-24)9-14-3-5-18(26)23(22(14)28)33-16-8-13(11-29)7-15(25)10-16/h3-8,10H,9H2,1-2H3. The number of benzene rings is 3. The lowest BCUT2D eigenvalue weighted by Gasteiger charge is -2.12. The average Bonchev–Trinajstić information content (AvgIpc) is 3.28. The van der Waals surface area contributed by atoms with Crippen LogP contribution in [-0.2, 0) is 6.42 Å². The highest BCUT2D eigenvalue weighted by Gasteiger charge is 2.20. The van der Waals surface area contributed by atoms with Crippen molar-refractivity contribution in [3.63, 3.8) is 0 Å². The highest BCUT2D eigenvalue weighted by Crippen LogP contribution is 2.36. The van der Waals surface area contributed by atoms with Gasteiger partial charge in [-0.25, -0.2) is 8.78 Å². The number of nitriles is 1. The van der Waals surface area contributed by atoms with Crippen LogP contribution in [0.1, 0.15) is 22.6 Å². The number of hydrogen-bond donors (Lipinski definition) is 0. The van der Waals surface area contributed by atoms with E-state index < -0.39 is 11.6 Å². The third kappa shape index (κ3) is 4.67. The number of hydrogen-bond acceptors (Lipinski definition) is 6. The van der Waals surface area contributed by atoms with Crippen molar-refractivity contribution in [3.05, 3.63) is 86.7 Å². The van der Waals surface area contributed by atoms with E-state index in [4.69, 9.17) is 42.4 Å². The predicted molar refractivity (Wildman–Crippen MR) is 121 cm³/mol. The monoisotopic (exact) mass is 501 g/mol. The van der Waals surface area contributed by atoms with Crippen LogP contribution < -0.4 is 9.47 Å². The molecule has 0 N–H and O–H groups in total. The van der Waals surface area contributed by atoms with Crippen LogP contribution in [0.5, 0.6) is 17.2 Å². The molecule has 0 aliphatic carbocycles. The second-order valence-corrected chi connectivity index (χ2v) is 8.01. The minimum atomic E-state index is -0.739. The summed E-state index contributed by atoms with van der Waals surface area (Å²) in [6.07, 6.45) is -0.0664. The Morgan fingerprint density at radius 2 is 1.85 bits per heavy atom. The SMILES string of the molecule is COc1ccc(-c2nnc(Cc3ccc(Cl)c(Oc4cc(Cl)cc(C#N)c4)c3F)o2)c(C)c1F. The number of methoxy groups -OCH3 is 1. The fraction of sp³-hybridized carbons (Fsp3) is 0.125. The van der Waals surface area contributed by atoms with Crippen LogP contribution >= 0.6 is 23.2 Å². The number of aromatic nitrogens is 2. The molecule has 0 saturated carbocycles. The van der Waals surface area contributed by atoms with Gasteiger partial charge >= 0.3 is 0 Å². The summed E-state index contributed by atoms with van der Waals surface area (Å²) in [5.41, 5.74) is 1.10. The van der Waals surface area contributed by atoms with Crippen molar-refractivity contribution >= 4 is 23.2 Å². The molecule has 4 aromatic rings. The van der Waals surface area contributed by atoms with E-state index in [0.29, 0.717) is 5.56 Å². The lowest BCUT2D eigenvalue weighted by Crippen LogP contribution is -1.98. The molecule has 0 radical (unpaired) electrons. The summed E-state index contributed by atoms with van der Waals surface area (Å²) in [7, 11) is 1.37. The Morgan fingerprint density at radius 1 is 1.06 bits per heavy atom. The molecule has 3 aromatic carbocycles. The molecule has 0 fully saturated rings. The first-order valence-corrected chi connectivity index (χ1v) is 10.6. The van der Waals surface area contributed by atoms with Crippen LogP contribution in [0.4, 0.5) is 8.78 Å². The van der Waals surface area contributed by atoms with Crippen molar-refractivity contribution in [2.75, 3.05) is 7.11 Å². The molecule has 0 saturated heterocycles. The molecular weight excluding hydrogens is 487 g/mol. The maximum atomic E-state index is 15.3. The number of ether oxygens (including phenoxy) is 2. The van der Waals surface area contributed by atoms with E-state index in [1.807, 2.05) is 6.07 Å². The van der Waals surface area contributed by atoms with Gasteiger partial charge < -0.3 is 13.9 Å². The van der Waals surface area contributed by atoms with Crippen LogP contribution in [0, 0.1) is 29.9 Å². The summed E-state index contributed by atoms with van der Waals surface area (Å²) in [5.74, 6) is -1.07. The Labute approximate surface area is 203 Å². The lowest BCUT2D eigenvalue weighted by atomic mass is 10.1. The van der Waals surface area contributed by atoms with Gasteiger partial charge in [0, 0.05) is 21.7 Å². The maximum absolute atomic E-state index is 15.3. The Kier molecular flexibility index (Phi) is 6.68. The van der Waals surface area contributed by atoms with Crippen LogP contribution in [0.2, 0.25) is 10.0 Å². The van der Waals surface area contributed by atoms with Crippen LogP contribution in [0.25, 0.3) is 11.5 Å². The molecule has 0 aliphatic heterocycles. The first-order chi connectivity index (χ1) is 16.3. The highest BCUT2D eigenvalue weighted by atomic mass is 35.5. The van der Waals surface area contributed by atoms with Gasteiger partial charge in [0.15, 0.2) is 23.1 Å². The quantitative estimate of drug-likeness (QED) is 0.286. The molecule has 0 spiro atoms. The minimum Gasteiger partial charge on any atom is -0.494 e. The molecule has 0 bridgehead atoms. The molecule has 1 heterocycles. The maximum Gasteiger partial charge on any atom is 0.248 e. The summed E-state index contributed by atoms with van der Waals surface area (Å²) in [6, 6.07) is 12.2. The van der Waals surface area contributed by atoms with Gasteiger partial charge in [-0.2, -0.15) is 5.26 Å². The highest BCUT2D eigenvalue weighted by molar-refractivity contribution is 6.32. The van der Waals surface area contributed by atoms with Gasteiger partial charge in [0.25, 0.3) is 0 Å². The van der Waals surface area contributed by atoms with Crippen molar-refractivity contribution in [3.8, 4) is 34.8 Å². The van der Waals surface area contributed by atoms with Gasteiger partial charge in [0.2, 0.25) is 11.8 Å². The van der Waals surface area contributed by atoms with Crippen molar-refractivity contribution in [2.24, 2.45) is 0 Å². The number of nitrogens with zero attached hydrogens (tertiary/aromatic N) is 3. The van der Waals surface area contributed by atoms with Crippen molar-refractivity contribution in [1.29, 1.82) is 5.26 Å². The number of halogens is 4. The molecule has 0 unspecified atom stereocenters. The zero-order valence-corrected chi connectivity index (χ0v) is 19.3. The Balaban J connectivity index is 1.62. The molecule has 0 atom stereocenters. The van der Waals surface area contributed by atoms with E-state index in [9.17, 15) is 4.39 Å². The summed E-state index contributed by atoms with van der Waals surface area (Å²) in [5, 5.41) is 17.3. The molecule has 4 rings (SSSR count). The Morgan fingerprint density at radius 3 is 2.59 bits per heavy atom. The molecule has 34 heavy (non-hydrogen) atoms. The van der Waals surface area contributed by atoms with Crippen molar-refractivity contribution in [1.82, 2.24) is 10.2 Å². The fourth-order valence-electron chi connectivity index (χ4n) is 3.25. The van der Waals surface area contributed by atoms with E-state index in [2.05, 4.69) is 10.2 Å². The average molecular weight is 502 g/mol. The topological polar surface area (TPSA) is 81.2 Å². The zero-order chi connectivity index (χ0) is 24.4. The van der Waals surface area contributed by atoms with Crippen LogP contribution in [-0.4, -0.2) is 17.3 Å². The molecule has 1 aromatic heterocycles. The van der Waals surface area contributed by atoms with Gasteiger partial charge in [-0.15, -0.1) is 10.2 Å². The largest absolute Gasteiger partial charge is 0.494 e. The third-order valence-corrected chi connectivity index (χ3v) is 5.47. The normalized spacial score (nSPS) is 10.7. The molecule has 172 valence electrons. The van der Waals surface area contributed by atoms with Crippen molar-refractivity contribution < 1.29 is 22.7 Å². The first-order valence-electron chi connectivity index (χ1n) is 9.82. The van der Waals surface area contributed by atoms with Gasteiger partial charge in [0.05, 0.1) is 30.2 Å². The molecular formula is C24H15Cl2F2N3O3. The molecule has 0 amide bonds. The summed E-state index contributed by atoms with van der Waals surface area (Å²) in [4.78, 5) is 0. The third-order valence-electron chi connectivity index (χ3n) is 4.96. The van der Waals surface area contributed by atoms with Gasteiger partial charge in [-0.3, -0.25) is 0 Å². The molecule has 10 heteroatoms. The summed E-state index contributed by atoms with van der Waals surface area (Å²) < 4.78 is 45.8. The summed E-state index contributed by atoms with van der Waals surface area (Å²) >= 11 is 12.1. The van der Waals surface area contributed by atoms with Crippen LogP contribution in [0.3, 0.4) is 0 Å². The van der Waals surface area contributed by atoms with Gasteiger partial charge in [0.1, 0.15) is 5.75 Å². The number of rotatable bonds is 6. The van der Waals surface area contributed by atoms with Gasteiger partial charge in [-0.1, -0.05) is 29.3 Å². The second kappa shape index (κ2) is 9.67. The van der Waals surface area contributed by atoms with E-state index in [-0.39, 0.29) is 62.2 Å². The van der Waals surface area contributed by atoms with E-state index in [1.165, 1.54) is 43.5 Å². The van der Waals surface area contributed by atoms with E-state index >= 15 is 4.39 Å². The predicted octanol–water partition coefficient (Wildman–Crippen LogP) is 6.89. The van der Waals surface area contributed by atoms with E-state index in [1.54, 1.807) is 13.0 Å². The second-order valence-electron chi connectivity index (χ2n) is 7.17. The first kappa shape index (κ1) is 23.5. The fourth-order valence-corrected chi connectivity index (χ4v) is 3.66. The Hall–Kier alpha value is -3.67. The Bertz CT molecular complexity index is 1430. The van der Waals surface area contributed by atoms with E-state index in [0.717, 1.165) is 0 Å². The molecule has 6 nitrogen and oxygen atoms in total. The summed E-state index contributed by atoms with van der Waals surface area (Å²) in [6.45, 7) is 1.56. The smallest absolute Gasteiger partial charge is 0.248 e. The van der Waals surface area contributed by atoms with Crippen LogP contribution in [0.15, 0.2) is 46.9 Å². The minimum absolute atomic E-state index is 0.0234. The lowest BCUT2D eigenvalue weighted by molar-refractivity contribution is 0.385. The molecule has 0 aliphatic rings. The van der Waals surface area contributed by atoms with Gasteiger partial charge in [-0.05, 0) is 43.3 Å². The van der Waals surface area contributed by atoms with Crippen molar-refractivity contribution in [2.45, 2.75) is 13.3 Å². The zero-order valence-electron chi connectivity index (χ0n) is 17.8.